The van der Waals surface area contributed by atoms with Gasteiger partial charge in [-0.25, -0.2) is 0 Å². The van der Waals surface area contributed by atoms with Gasteiger partial charge in [0.1, 0.15) is 0 Å². The lowest BCUT2D eigenvalue weighted by Gasteiger charge is -2.07. The average Bonchev–Trinajstić information content (AvgIpc) is 1.60. The Morgan fingerprint density at radius 1 is 1.60 bits per heavy atom. The van der Waals surface area contributed by atoms with Gasteiger partial charge in [0, 0.05) is 13.3 Å². The van der Waals surface area contributed by atoms with Gasteiger partial charge in [-0.15, -0.1) is 0 Å². The maximum Gasteiger partial charge on any atom is 0.302 e. The van der Waals surface area contributed by atoms with Gasteiger partial charge in [0.05, 0.1) is 0 Å². The van der Waals surface area contributed by atoms with Crippen molar-refractivity contribution in [1.82, 2.24) is 0 Å². The topological polar surface area (TPSA) is 17.1 Å². The fourth-order valence-electron chi connectivity index (χ4n) is 0.429. The van der Waals surface area contributed by atoms with Crippen molar-refractivity contribution in [3.05, 3.63) is 12.2 Å². The summed E-state index contributed by atoms with van der Waals surface area (Å²) in [6, 6.07) is 0. The van der Waals surface area contributed by atoms with Gasteiger partial charge in [-0.1, -0.05) is 12.2 Å². The third-order valence-electron chi connectivity index (χ3n) is 0.952. The molecule has 0 bridgehead atoms. The van der Waals surface area contributed by atoms with E-state index in [2.05, 4.69) is 6.58 Å². The van der Waals surface area contributed by atoms with E-state index in [-0.39, 0.29) is 6.42 Å². The highest BCUT2D eigenvalue weighted by atomic mass is 19.3. The lowest BCUT2D eigenvalue weighted by Crippen LogP contribution is -2.23. The van der Waals surface area contributed by atoms with Crippen LogP contribution in [0.3, 0.4) is 0 Å². The van der Waals surface area contributed by atoms with Crippen LogP contribution in [0.4, 0.5) is 8.78 Å². The number of carbonyl (C=O) groups is 1. The van der Waals surface area contributed by atoms with Crippen molar-refractivity contribution in [3.8, 4) is 0 Å². The number of halogens is 2. The van der Waals surface area contributed by atoms with Crippen LogP contribution in [-0.4, -0.2) is 11.7 Å². The van der Waals surface area contributed by atoms with Crippen molar-refractivity contribution in [2.75, 3.05) is 0 Å². The number of rotatable bonds is 3. The highest BCUT2D eigenvalue weighted by Gasteiger charge is 2.30. The van der Waals surface area contributed by atoms with E-state index in [4.69, 9.17) is 0 Å². The summed E-state index contributed by atoms with van der Waals surface area (Å²) in [6.07, 6.45) is -0.233. The van der Waals surface area contributed by atoms with Crippen LogP contribution in [0.15, 0.2) is 12.2 Å². The quantitative estimate of drug-likeness (QED) is 0.560. The van der Waals surface area contributed by atoms with Gasteiger partial charge in [-0.2, -0.15) is 8.78 Å². The minimum atomic E-state index is -3.21. The Morgan fingerprint density at radius 3 is 2.10 bits per heavy atom. The van der Waals surface area contributed by atoms with Crippen molar-refractivity contribution >= 4 is 5.78 Å². The number of Topliss-reactive ketones (excluding diaryl/α,β-unsaturated/α-hetero) is 1. The molecule has 58 valence electrons. The van der Waals surface area contributed by atoms with E-state index in [1.54, 1.807) is 6.92 Å². The fraction of sp³-hybridized carbons (Fsp3) is 0.571. The molecule has 0 aromatic rings. The minimum Gasteiger partial charge on any atom is -0.293 e. The minimum absolute atomic E-state index is 0.233. The van der Waals surface area contributed by atoms with Crippen LogP contribution in [-0.2, 0) is 4.79 Å². The van der Waals surface area contributed by atoms with Crippen LogP contribution < -0.4 is 0 Å². The molecule has 0 unspecified atom stereocenters. The second kappa shape index (κ2) is 2.90. The molecule has 0 aliphatic carbocycles. The fourth-order valence-corrected chi connectivity index (χ4v) is 0.429. The number of ketones is 1. The van der Waals surface area contributed by atoms with Gasteiger partial charge in [0.2, 0.25) is 5.78 Å². The van der Waals surface area contributed by atoms with Crippen LogP contribution in [0.25, 0.3) is 0 Å². The Balaban J connectivity index is 3.99. The SMILES string of the molecule is C=C(C)CC(=O)C(C)(F)F. The summed E-state index contributed by atoms with van der Waals surface area (Å²) in [4.78, 5) is 10.5. The van der Waals surface area contributed by atoms with Crippen molar-refractivity contribution in [1.29, 1.82) is 0 Å². The summed E-state index contributed by atoms with van der Waals surface area (Å²) in [6.45, 7) is 5.50. The molecular weight excluding hydrogens is 138 g/mol. The maximum absolute atomic E-state index is 12.1. The number of hydrogen-bond donors (Lipinski definition) is 0. The van der Waals surface area contributed by atoms with Gasteiger partial charge < -0.3 is 0 Å². The first-order chi connectivity index (χ1) is 4.34. The van der Waals surface area contributed by atoms with E-state index >= 15 is 0 Å². The summed E-state index contributed by atoms with van der Waals surface area (Å²) in [5.41, 5.74) is 0.464. The van der Waals surface area contributed by atoms with Crippen molar-refractivity contribution in [3.63, 3.8) is 0 Å². The van der Waals surface area contributed by atoms with Gasteiger partial charge in [0.25, 0.3) is 0 Å². The zero-order valence-electron chi connectivity index (χ0n) is 6.08. The Bertz CT molecular complexity index is 155. The Kier molecular flexibility index (Phi) is 2.69. The molecule has 0 atom stereocenters. The second-order valence-corrected chi connectivity index (χ2v) is 2.45. The number of hydrogen-bond acceptors (Lipinski definition) is 1. The van der Waals surface area contributed by atoms with E-state index in [0.717, 1.165) is 0 Å². The highest BCUT2D eigenvalue weighted by Crippen LogP contribution is 2.16. The van der Waals surface area contributed by atoms with Crippen LogP contribution >= 0.6 is 0 Å². The standard InChI is InChI=1S/C7H10F2O/c1-5(2)4-6(10)7(3,8)9/h1,4H2,2-3H3. The van der Waals surface area contributed by atoms with Gasteiger partial charge in [0.15, 0.2) is 0 Å². The van der Waals surface area contributed by atoms with Crippen LogP contribution in [0.1, 0.15) is 20.3 Å². The first kappa shape index (κ1) is 9.27. The van der Waals surface area contributed by atoms with Crippen molar-refractivity contribution in [2.24, 2.45) is 0 Å². The third kappa shape index (κ3) is 3.33. The van der Waals surface area contributed by atoms with Gasteiger partial charge in [-0.3, -0.25) is 4.79 Å². The molecule has 1 nitrogen and oxygen atoms in total. The van der Waals surface area contributed by atoms with E-state index in [0.29, 0.717) is 12.5 Å². The summed E-state index contributed by atoms with van der Waals surface area (Å²) in [5, 5.41) is 0. The van der Waals surface area contributed by atoms with Crippen molar-refractivity contribution < 1.29 is 13.6 Å². The maximum atomic E-state index is 12.1. The van der Waals surface area contributed by atoms with Crippen LogP contribution in [0.5, 0.6) is 0 Å². The Labute approximate surface area is 58.7 Å². The molecule has 0 aromatic heterocycles. The lowest BCUT2D eigenvalue weighted by atomic mass is 10.1. The molecular formula is C7H10F2O. The number of allylic oxidation sites excluding steroid dienone is 1. The van der Waals surface area contributed by atoms with E-state index < -0.39 is 11.7 Å². The zero-order valence-corrected chi connectivity index (χ0v) is 6.08. The normalized spacial score (nSPS) is 11.2. The van der Waals surface area contributed by atoms with Crippen LogP contribution in [0, 0.1) is 0 Å². The van der Waals surface area contributed by atoms with E-state index in [1.807, 2.05) is 0 Å². The van der Waals surface area contributed by atoms with E-state index in [9.17, 15) is 13.6 Å². The number of alkyl halides is 2. The zero-order chi connectivity index (χ0) is 8.36. The highest BCUT2D eigenvalue weighted by molar-refractivity contribution is 5.86. The predicted octanol–water partition coefficient (Wildman–Crippen LogP) is 2.18. The summed E-state index contributed by atoms with van der Waals surface area (Å²) in [7, 11) is 0. The van der Waals surface area contributed by atoms with E-state index in [1.165, 1.54) is 0 Å². The third-order valence-corrected chi connectivity index (χ3v) is 0.952. The molecule has 0 aliphatic heterocycles. The molecule has 0 rings (SSSR count). The predicted molar refractivity (Wildman–Crippen MR) is 35.1 cm³/mol. The van der Waals surface area contributed by atoms with Gasteiger partial charge >= 0.3 is 5.92 Å². The largest absolute Gasteiger partial charge is 0.302 e. The molecule has 0 saturated heterocycles. The Morgan fingerprint density at radius 2 is 2.00 bits per heavy atom. The molecule has 0 amide bonds. The Hall–Kier alpha value is -0.730. The first-order valence-electron chi connectivity index (χ1n) is 2.89. The molecule has 0 radical (unpaired) electrons. The summed E-state index contributed by atoms with van der Waals surface area (Å²) >= 11 is 0. The first-order valence-corrected chi connectivity index (χ1v) is 2.89. The molecule has 3 heteroatoms. The summed E-state index contributed by atoms with van der Waals surface area (Å²) in [5.74, 6) is -4.28. The lowest BCUT2D eigenvalue weighted by molar-refractivity contribution is -0.139. The molecule has 0 saturated carbocycles. The summed E-state index contributed by atoms with van der Waals surface area (Å²) < 4.78 is 24.2. The molecule has 0 N–H and O–H groups in total. The monoisotopic (exact) mass is 148 g/mol. The smallest absolute Gasteiger partial charge is 0.293 e. The average molecular weight is 148 g/mol. The molecule has 0 heterocycles. The van der Waals surface area contributed by atoms with Crippen molar-refractivity contribution in [2.45, 2.75) is 26.2 Å². The van der Waals surface area contributed by atoms with Gasteiger partial charge in [-0.05, 0) is 6.92 Å². The second-order valence-electron chi connectivity index (χ2n) is 2.45. The molecule has 0 fully saturated rings. The molecule has 10 heavy (non-hydrogen) atoms. The molecule has 0 aromatic carbocycles. The van der Waals surface area contributed by atoms with Crippen LogP contribution in [0.2, 0.25) is 0 Å². The number of carbonyl (C=O) groups excluding carboxylic acids is 1. The molecule has 0 spiro atoms. The molecule has 0 aliphatic rings.